The first kappa shape index (κ1) is 25.2. The van der Waals surface area contributed by atoms with E-state index >= 15 is 0 Å². The van der Waals surface area contributed by atoms with E-state index in [0.717, 1.165) is 38.2 Å². The number of benzene rings is 1. The summed E-state index contributed by atoms with van der Waals surface area (Å²) < 4.78 is 37.9. The van der Waals surface area contributed by atoms with Gasteiger partial charge in [-0.15, -0.1) is 0 Å². The first-order chi connectivity index (χ1) is 16.3. The van der Waals surface area contributed by atoms with E-state index in [2.05, 4.69) is 19.9 Å². The SMILES string of the molecule is CNS(=O)(=O)c1cccc(OCC(O)CNC2COC3(CCN(c4cc(Cl)ccn4)CC3)C2)c1. The number of nitrogens with zero attached hydrogens (tertiary/aromatic N) is 2. The summed E-state index contributed by atoms with van der Waals surface area (Å²) in [6, 6.07) is 10.0. The summed E-state index contributed by atoms with van der Waals surface area (Å²) >= 11 is 6.10. The lowest BCUT2D eigenvalue weighted by Gasteiger charge is -2.39. The molecule has 9 nitrogen and oxygen atoms in total. The Morgan fingerprint density at radius 1 is 1.32 bits per heavy atom. The minimum atomic E-state index is -3.55. The summed E-state index contributed by atoms with van der Waals surface area (Å²) in [5.41, 5.74) is -0.145. The van der Waals surface area contributed by atoms with Gasteiger partial charge in [0.15, 0.2) is 0 Å². The van der Waals surface area contributed by atoms with Crippen LogP contribution in [0.1, 0.15) is 19.3 Å². The van der Waals surface area contributed by atoms with Gasteiger partial charge < -0.3 is 24.8 Å². The monoisotopic (exact) mass is 510 g/mol. The molecule has 2 aliphatic rings. The van der Waals surface area contributed by atoms with E-state index in [4.69, 9.17) is 21.1 Å². The summed E-state index contributed by atoms with van der Waals surface area (Å²) in [7, 11) is -2.19. The lowest BCUT2D eigenvalue weighted by molar-refractivity contribution is -0.0151. The Kier molecular flexibility index (Phi) is 7.96. The Morgan fingerprint density at radius 2 is 2.12 bits per heavy atom. The summed E-state index contributed by atoms with van der Waals surface area (Å²) in [5, 5.41) is 14.4. The standard InChI is InChI=1S/C23H31ClN4O5S/c1-25-34(30,31)21-4-2-3-20(12-21)32-16-19(29)14-27-18-13-23(33-15-18)6-9-28(10-7-23)22-11-17(24)5-8-26-22/h2-5,8,11-12,18-19,25,27,29H,6-7,9-10,13-16H2,1H3. The van der Waals surface area contributed by atoms with Gasteiger partial charge in [-0.3, -0.25) is 0 Å². The van der Waals surface area contributed by atoms with Gasteiger partial charge in [0.2, 0.25) is 10.0 Å². The van der Waals surface area contributed by atoms with Crippen LogP contribution in [0.5, 0.6) is 5.75 Å². The van der Waals surface area contributed by atoms with Crippen molar-refractivity contribution in [2.24, 2.45) is 0 Å². The number of rotatable bonds is 9. The van der Waals surface area contributed by atoms with Gasteiger partial charge in [0.05, 0.1) is 17.1 Å². The number of sulfonamides is 1. The first-order valence-corrected chi connectivity index (χ1v) is 13.2. The van der Waals surface area contributed by atoms with Gasteiger partial charge in [-0.25, -0.2) is 18.1 Å². The van der Waals surface area contributed by atoms with Gasteiger partial charge in [0.1, 0.15) is 24.3 Å². The van der Waals surface area contributed by atoms with Gasteiger partial charge in [-0.05, 0) is 50.6 Å². The number of ether oxygens (including phenoxy) is 2. The fourth-order valence-electron chi connectivity index (χ4n) is 4.44. The predicted octanol–water partition coefficient (Wildman–Crippen LogP) is 1.80. The molecule has 2 unspecified atom stereocenters. The van der Waals surface area contributed by atoms with Crippen LogP contribution < -0.4 is 19.7 Å². The van der Waals surface area contributed by atoms with Gasteiger partial charge in [-0.1, -0.05) is 17.7 Å². The van der Waals surface area contributed by atoms with Crippen LogP contribution in [-0.4, -0.2) is 76.2 Å². The summed E-state index contributed by atoms with van der Waals surface area (Å²) in [4.78, 5) is 6.77. The number of halogens is 1. The van der Waals surface area contributed by atoms with Crippen LogP contribution in [0.4, 0.5) is 5.82 Å². The van der Waals surface area contributed by atoms with Crippen LogP contribution in [0.3, 0.4) is 0 Å². The van der Waals surface area contributed by atoms with Crippen molar-refractivity contribution in [1.29, 1.82) is 0 Å². The van der Waals surface area contributed by atoms with Crippen LogP contribution in [0.25, 0.3) is 0 Å². The molecule has 1 aromatic heterocycles. The molecule has 3 N–H and O–H groups in total. The molecule has 0 bridgehead atoms. The van der Waals surface area contributed by atoms with Gasteiger partial charge in [0.25, 0.3) is 0 Å². The maximum atomic E-state index is 11.9. The van der Waals surface area contributed by atoms with Gasteiger partial charge >= 0.3 is 0 Å². The number of aliphatic hydroxyl groups excluding tert-OH is 1. The van der Waals surface area contributed by atoms with Crippen LogP contribution in [0, 0.1) is 0 Å². The molecule has 2 saturated heterocycles. The highest BCUT2D eigenvalue weighted by Crippen LogP contribution is 2.37. The molecule has 2 aromatic rings. The number of anilines is 1. The Morgan fingerprint density at radius 3 is 2.85 bits per heavy atom. The minimum absolute atomic E-state index is 0.0520. The van der Waals surface area contributed by atoms with Crippen molar-refractivity contribution in [3.05, 3.63) is 47.6 Å². The number of pyridine rings is 1. The average molecular weight is 511 g/mol. The van der Waals surface area contributed by atoms with Crippen molar-refractivity contribution in [1.82, 2.24) is 15.0 Å². The normalized spacial score (nSPS) is 21.0. The number of hydrogen-bond donors (Lipinski definition) is 3. The van der Waals surface area contributed by atoms with E-state index < -0.39 is 16.1 Å². The highest BCUT2D eigenvalue weighted by molar-refractivity contribution is 7.89. The fraction of sp³-hybridized carbons (Fsp3) is 0.522. The molecule has 0 radical (unpaired) electrons. The molecule has 0 saturated carbocycles. The lowest BCUT2D eigenvalue weighted by Crippen LogP contribution is -2.45. The molecule has 0 amide bonds. The van der Waals surface area contributed by atoms with Crippen molar-refractivity contribution < 1.29 is 23.0 Å². The molecule has 34 heavy (non-hydrogen) atoms. The summed E-state index contributed by atoms with van der Waals surface area (Å²) in [6.07, 6.45) is 3.70. The van der Waals surface area contributed by atoms with Crippen molar-refractivity contribution >= 4 is 27.4 Å². The van der Waals surface area contributed by atoms with E-state index in [1.165, 1.54) is 19.2 Å². The zero-order valence-corrected chi connectivity index (χ0v) is 20.7. The highest BCUT2D eigenvalue weighted by Gasteiger charge is 2.42. The van der Waals surface area contributed by atoms with E-state index in [-0.39, 0.29) is 23.1 Å². The molecule has 1 aromatic carbocycles. The van der Waals surface area contributed by atoms with Crippen LogP contribution in [0.2, 0.25) is 5.02 Å². The molecule has 1 spiro atoms. The number of aliphatic hydroxyl groups is 1. The van der Waals surface area contributed by atoms with Crippen LogP contribution in [0.15, 0.2) is 47.5 Å². The maximum absolute atomic E-state index is 11.9. The topological polar surface area (TPSA) is 113 Å². The molecule has 2 aliphatic heterocycles. The quantitative estimate of drug-likeness (QED) is 0.468. The van der Waals surface area contributed by atoms with Crippen LogP contribution >= 0.6 is 11.6 Å². The van der Waals surface area contributed by atoms with Gasteiger partial charge in [-0.2, -0.15) is 0 Å². The predicted molar refractivity (Wildman–Crippen MR) is 130 cm³/mol. The Balaban J connectivity index is 1.20. The zero-order chi connectivity index (χ0) is 24.2. The van der Waals surface area contributed by atoms with E-state index in [1.807, 2.05) is 6.07 Å². The molecular weight excluding hydrogens is 480 g/mol. The Hall–Kier alpha value is -1.95. The van der Waals surface area contributed by atoms with Crippen LogP contribution in [-0.2, 0) is 14.8 Å². The van der Waals surface area contributed by atoms with Crippen molar-refractivity contribution in [2.75, 3.05) is 44.8 Å². The fourth-order valence-corrected chi connectivity index (χ4v) is 5.36. The highest BCUT2D eigenvalue weighted by atomic mass is 35.5. The number of piperidine rings is 1. The second-order valence-electron chi connectivity index (χ2n) is 8.77. The molecule has 0 aliphatic carbocycles. The first-order valence-electron chi connectivity index (χ1n) is 11.4. The van der Waals surface area contributed by atoms with E-state index in [1.54, 1.807) is 24.4 Å². The van der Waals surface area contributed by atoms with Gasteiger partial charge in [0, 0.05) is 43.0 Å². The van der Waals surface area contributed by atoms with Crippen molar-refractivity contribution in [2.45, 2.75) is 41.9 Å². The third kappa shape index (κ3) is 6.18. The van der Waals surface area contributed by atoms with Crippen molar-refractivity contribution in [3.63, 3.8) is 0 Å². The second kappa shape index (κ2) is 10.8. The second-order valence-corrected chi connectivity index (χ2v) is 11.1. The summed E-state index contributed by atoms with van der Waals surface area (Å²) in [5.74, 6) is 1.28. The zero-order valence-electron chi connectivity index (χ0n) is 19.1. The molecule has 186 valence electrons. The molecule has 11 heteroatoms. The average Bonchev–Trinajstić information content (AvgIpc) is 3.24. The minimum Gasteiger partial charge on any atom is -0.491 e. The molecule has 4 rings (SSSR count). The largest absolute Gasteiger partial charge is 0.491 e. The smallest absolute Gasteiger partial charge is 0.240 e. The molecule has 2 fully saturated rings. The van der Waals surface area contributed by atoms with E-state index in [0.29, 0.717) is 23.9 Å². The Labute approximate surface area is 205 Å². The summed E-state index contributed by atoms with van der Waals surface area (Å²) in [6.45, 7) is 2.73. The number of nitrogens with one attached hydrogen (secondary N) is 2. The number of hydrogen-bond acceptors (Lipinski definition) is 8. The Bertz CT molecular complexity index is 1080. The number of aromatic nitrogens is 1. The molecule has 3 heterocycles. The van der Waals surface area contributed by atoms with E-state index in [9.17, 15) is 13.5 Å². The lowest BCUT2D eigenvalue weighted by atomic mass is 9.87. The molecular formula is C23H31ClN4O5S. The third-order valence-electron chi connectivity index (χ3n) is 6.38. The molecule has 2 atom stereocenters. The van der Waals surface area contributed by atoms with Crippen molar-refractivity contribution in [3.8, 4) is 5.75 Å². The maximum Gasteiger partial charge on any atom is 0.240 e. The third-order valence-corrected chi connectivity index (χ3v) is 8.03.